The van der Waals surface area contributed by atoms with Gasteiger partial charge in [-0.25, -0.2) is 17.5 Å². The summed E-state index contributed by atoms with van der Waals surface area (Å²) in [5, 5.41) is 9.37. The van der Waals surface area contributed by atoms with Crippen molar-refractivity contribution in [3.63, 3.8) is 0 Å². The molecule has 0 bridgehead atoms. The molecular formula is C12H17BrFNO3S. The van der Waals surface area contributed by atoms with Gasteiger partial charge in [-0.1, -0.05) is 29.8 Å². The van der Waals surface area contributed by atoms with E-state index >= 15 is 0 Å². The molecule has 0 aliphatic rings. The largest absolute Gasteiger partial charge is 0.394 e. The van der Waals surface area contributed by atoms with Gasteiger partial charge in [0.2, 0.25) is 10.0 Å². The molecule has 0 saturated carbocycles. The molecule has 1 aromatic rings. The van der Waals surface area contributed by atoms with Crippen molar-refractivity contribution in [1.29, 1.82) is 0 Å². The lowest BCUT2D eigenvalue weighted by atomic mass is 9.96. The van der Waals surface area contributed by atoms with Crippen molar-refractivity contribution >= 4 is 26.0 Å². The van der Waals surface area contributed by atoms with Crippen LogP contribution in [0.4, 0.5) is 4.39 Å². The lowest BCUT2D eigenvalue weighted by Gasteiger charge is -2.30. The van der Waals surface area contributed by atoms with Crippen molar-refractivity contribution in [1.82, 2.24) is 4.72 Å². The van der Waals surface area contributed by atoms with Crippen molar-refractivity contribution < 1.29 is 17.9 Å². The molecule has 0 radical (unpaired) electrons. The molecule has 1 aromatic carbocycles. The van der Waals surface area contributed by atoms with Crippen LogP contribution in [-0.4, -0.2) is 25.7 Å². The van der Waals surface area contributed by atoms with Gasteiger partial charge in [-0.15, -0.1) is 0 Å². The predicted octanol–water partition coefficient (Wildman–Crippen LogP) is 2.42. The Labute approximate surface area is 121 Å². The molecule has 0 atom stereocenters. The molecule has 0 spiro atoms. The average molecular weight is 354 g/mol. The van der Waals surface area contributed by atoms with Crippen LogP contribution in [0, 0.1) is 5.82 Å². The number of aliphatic hydroxyl groups excluding tert-OH is 1. The molecule has 0 aliphatic carbocycles. The summed E-state index contributed by atoms with van der Waals surface area (Å²) in [6.07, 6.45) is 0.828. The number of hydrogen-bond donors (Lipinski definition) is 2. The molecule has 1 rings (SSSR count). The van der Waals surface area contributed by atoms with Gasteiger partial charge in [0.25, 0.3) is 0 Å². The third kappa shape index (κ3) is 3.75. The first kappa shape index (κ1) is 16.6. The third-order valence-electron chi connectivity index (χ3n) is 3.19. The van der Waals surface area contributed by atoms with Gasteiger partial charge < -0.3 is 5.11 Å². The minimum absolute atomic E-state index is 0.336. The van der Waals surface area contributed by atoms with Gasteiger partial charge in [0.05, 0.1) is 12.1 Å². The summed E-state index contributed by atoms with van der Waals surface area (Å²) in [5.74, 6) is -0.832. The van der Waals surface area contributed by atoms with E-state index in [9.17, 15) is 17.9 Å². The van der Waals surface area contributed by atoms with Gasteiger partial charge >= 0.3 is 0 Å². The summed E-state index contributed by atoms with van der Waals surface area (Å²) in [6.45, 7) is 3.19. The highest BCUT2D eigenvalue weighted by atomic mass is 79.9. The maximum Gasteiger partial charge on any atom is 0.244 e. The summed E-state index contributed by atoms with van der Waals surface area (Å²) in [6, 6.07) is 3.73. The van der Waals surface area contributed by atoms with Crippen LogP contribution in [-0.2, 0) is 10.0 Å². The van der Waals surface area contributed by atoms with Crippen LogP contribution in [0.2, 0.25) is 0 Å². The molecular weight excluding hydrogens is 337 g/mol. The van der Waals surface area contributed by atoms with Crippen LogP contribution >= 0.6 is 15.9 Å². The molecule has 7 heteroatoms. The monoisotopic (exact) mass is 353 g/mol. The average Bonchev–Trinajstić information content (AvgIpc) is 2.35. The molecule has 2 N–H and O–H groups in total. The van der Waals surface area contributed by atoms with E-state index in [1.807, 2.05) is 0 Å². The van der Waals surface area contributed by atoms with Crippen LogP contribution in [0.15, 0.2) is 27.6 Å². The Hall–Kier alpha value is -0.500. The Balaban J connectivity index is 3.17. The minimum atomic E-state index is -4.01. The van der Waals surface area contributed by atoms with E-state index in [2.05, 4.69) is 20.7 Å². The van der Waals surface area contributed by atoms with E-state index in [1.165, 1.54) is 12.1 Å². The first-order valence-corrected chi connectivity index (χ1v) is 8.17. The molecule has 0 aromatic heterocycles. The molecule has 0 fully saturated rings. The molecule has 0 heterocycles. The smallest absolute Gasteiger partial charge is 0.244 e. The Kier molecular flexibility index (Phi) is 5.49. The topological polar surface area (TPSA) is 66.4 Å². The highest BCUT2D eigenvalue weighted by Gasteiger charge is 2.32. The zero-order chi connectivity index (χ0) is 14.7. The van der Waals surface area contributed by atoms with Gasteiger partial charge in [-0.3, -0.25) is 0 Å². The lowest BCUT2D eigenvalue weighted by molar-refractivity contribution is 0.172. The fourth-order valence-corrected chi connectivity index (χ4v) is 3.61. The van der Waals surface area contributed by atoms with Crippen LogP contribution < -0.4 is 4.72 Å². The van der Waals surface area contributed by atoms with E-state index in [0.29, 0.717) is 17.3 Å². The van der Waals surface area contributed by atoms with Crippen molar-refractivity contribution in [2.75, 3.05) is 6.61 Å². The zero-order valence-corrected chi connectivity index (χ0v) is 13.2. The fraction of sp³-hybridized carbons (Fsp3) is 0.500. The second kappa shape index (κ2) is 6.30. The van der Waals surface area contributed by atoms with Crippen molar-refractivity contribution in [3.8, 4) is 0 Å². The highest BCUT2D eigenvalue weighted by Crippen LogP contribution is 2.23. The molecule has 0 amide bonds. The number of halogens is 2. The van der Waals surface area contributed by atoms with Gasteiger partial charge in [0.1, 0.15) is 10.7 Å². The van der Waals surface area contributed by atoms with Crippen LogP contribution in [0.5, 0.6) is 0 Å². The number of hydrogen-bond acceptors (Lipinski definition) is 3. The predicted molar refractivity (Wildman–Crippen MR) is 74.8 cm³/mol. The van der Waals surface area contributed by atoms with E-state index in [4.69, 9.17) is 0 Å². The van der Waals surface area contributed by atoms with Gasteiger partial charge in [-0.2, -0.15) is 0 Å². The van der Waals surface area contributed by atoms with Crippen molar-refractivity contribution in [3.05, 3.63) is 28.5 Å². The molecule has 19 heavy (non-hydrogen) atoms. The minimum Gasteiger partial charge on any atom is -0.394 e. The second-order valence-corrected chi connectivity index (χ2v) is 6.89. The van der Waals surface area contributed by atoms with Gasteiger partial charge in [-0.05, 0) is 31.0 Å². The zero-order valence-electron chi connectivity index (χ0n) is 10.8. The number of nitrogens with one attached hydrogen (secondary N) is 1. The van der Waals surface area contributed by atoms with E-state index in [-0.39, 0.29) is 6.61 Å². The standard InChI is InChI=1S/C12H17BrFNO3S/c1-3-12(4-2,8-16)15-19(17,18)11-6-5-9(13)7-10(11)14/h5-7,15-16H,3-4,8H2,1-2H3. The number of sulfonamides is 1. The normalized spacial score (nSPS) is 12.7. The lowest BCUT2D eigenvalue weighted by Crippen LogP contribution is -2.50. The Morgan fingerprint density at radius 2 is 1.95 bits per heavy atom. The fourth-order valence-electron chi connectivity index (χ4n) is 1.68. The van der Waals surface area contributed by atoms with Crippen molar-refractivity contribution in [2.24, 2.45) is 0 Å². The van der Waals surface area contributed by atoms with Gasteiger partial charge in [0, 0.05) is 4.47 Å². The Morgan fingerprint density at radius 1 is 1.37 bits per heavy atom. The summed E-state index contributed by atoms with van der Waals surface area (Å²) in [4.78, 5) is -0.421. The third-order valence-corrected chi connectivity index (χ3v) is 5.30. The number of benzene rings is 1. The van der Waals surface area contributed by atoms with E-state index in [0.717, 1.165) is 6.07 Å². The Bertz CT molecular complexity index is 536. The van der Waals surface area contributed by atoms with Crippen LogP contribution in [0.25, 0.3) is 0 Å². The number of rotatable bonds is 6. The second-order valence-electron chi connectivity index (χ2n) is 4.33. The maximum absolute atomic E-state index is 13.7. The van der Waals surface area contributed by atoms with Crippen LogP contribution in [0.3, 0.4) is 0 Å². The molecule has 0 unspecified atom stereocenters. The summed E-state index contributed by atoms with van der Waals surface area (Å²) < 4.78 is 40.9. The molecule has 4 nitrogen and oxygen atoms in total. The summed E-state index contributed by atoms with van der Waals surface area (Å²) >= 11 is 3.07. The summed E-state index contributed by atoms with van der Waals surface area (Å²) in [5.41, 5.74) is -0.960. The van der Waals surface area contributed by atoms with E-state index < -0.39 is 26.3 Å². The first-order valence-electron chi connectivity index (χ1n) is 5.90. The summed E-state index contributed by atoms with van der Waals surface area (Å²) in [7, 11) is -4.01. The molecule has 108 valence electrons. The van der Waals surface area contributed by atoms with E-state index in [1.54, 1.807) is 13.8 Å². The maximum atomic E-state index is 13.7. The highest BCUT2D eigenvalue weighted by molar-refractivity contribution is 9.10. The van der Waals surface area contributed by atoms with Crippen LogP contribution in [0.1, 0.15) is 26.7 Å². The van der Waals surface area contributed by atoms with Gasteiger partial charge in [0.15, 0.2) is 0 Å². The number of aliphatic hydroxyl groups is 1. The molecule has 0 aliphatic heterocycles. The molecule has 0 saturated heterocycles. The SMILES string of the molecule is CCC(CC)(CO)NS(=O)(=O)c1ccc(Br)cc1F. The first-order chi connectivity index (χ1) is 8.80. The Morgan fingerprint density at radius 3 is 2.37 bits per heavy atom. The van der Waals surface area contributed by atoms with Crippen molar-refractivity contribution in [2.45, 2.75) is 37.1 Å². The quantitative estimate of drug-likeness (QED) is 0.825.